The molecule has 0 spiro atoms. The minimum Gasteiger partial charge on any atom is -0.352 e. The first-order valence-corrected chi connectivity index (χ1v) is 7.54. The summed E-state index contributed by atoms with van der Waals surface area (Å²) in [5.41, 5.74) is 0. The summed E-state index contributed by atoms with van der Waals surface area (Å²) in [5, 5.41) is 6.46. The summed E-state index contributed by atoms with van der Waals surface area (Å²) in [6.45, 7) is 3.12. The highest BCUT2D eigenvalue weighted by molar-refractivity contribution is 7.99. The molecule has 2 N–H and O–H groups in total. The van der Waals surface area contributed by atoms with E-state index in [1.165, 1.54) is 25.7 Å². The van der Waals surface area contributed by atoms with Gasteiger partial charge in [0.25, 0.3) is 0 Å². The maximum absolute atomic E-state index is 12.0. The van der Waals surface area contributed by atoms with E-state index in [1.807, 2.05) is 11.8 Å². The number of rotatable bonds is 3. The number of hydrogen-bond donors (Lipinski definition) is 2. The standard InChI is InChI=1S/C12H22N2OS/c1-9(10-4-2-3-5-10)14-12(15)11-8-16-7-6-13-11/h9-11,13H,2-8H2,1H3,(H,14,15)/t9-,11?/m0/s1. The second-order valence-corrected chi connectivity index (χ2v) is 6.07. The highest BCUT2D eigenvalue weighted by Crippen LogP contribution is 2.27. The van der Waals surface area contributed by atoms with Gasteiger partial charge < -0.3 is 10.6 Å². The van der Waals surface area contributed by atoms with Crippen molar-refractivity contribution >= 4 is 17.7 Å². The summed E-state index contributed by atoms with van der Waals surface area (Å²) in [4.78, 5) is 12.0. The first-order valence-electron chi connectivity index (χ1n) is 6.39. The van der Waals surface area contributed by atoms with Crippen LogP contribution in [0.3, 0.4) is 0 Å². The Labute approximate surface area is 102 Å². The SMILES string of the molecule is C[C@H](NC(=O)C1CSCCN1)C1CCCC1. The highest BCUT2D eigenvalue weighted by Gasteiger charge is 2.26. The van der Waals surface area contributed by atoms with Crippen molar-refractivity contribution in [2.75, 3.05) is 18.1 Å². The van der Waals surface area contributed by atoms with Gasteiger partial charge >= 0.3 is 0 Å². The Morgan fingerprint density at radius 3 is 2.81 bits per heavy atom. The van der Waals surface area contributed by atoms with Crippen molar-refractivity contribution in [3.05, 3.63) is 0 Å². The van der Waals surface area contributed by atoms with Crippen LogP contribution in [0, 0.1) is 5.92 Å². The lowest BCUT2D eigenvalue weighted by Crippen LogP contribution is -2.52. The zero-order valence-electron chi connectivity index (χ0n) is 10.00. The zero-order valence-corrected chi connectivity index (χ0v) is 10.8. The van der Waals surface area contributed by atoms with Crippen molar-refractivity contribution in [2.45, 2.75) is 44.7 Å². The van der Waals surface area contributed by atoms with Gasteiger partial charge in [-0.15, -0.1) is 0 Å². The number of carbonyl (C=O) groups is 1. The van der Waals surface area contributed by atoms with E-state index in [0.717, 1.165) is 18.1 Å². The quantitative estimate of drug-likeness (QED) is 0.786. The van der Waals surface area contributed by atoms with Crippen LogP contribution in [-0.2, 0) is 4.79 Å². The summed E-state index contributed by atoms with van der Waals surface area (Å²) in [6, 6.07) is 0.381. The molecule has 3 nitrogen and oxygen atoms in total. The molecule has 2 fully saturated rings. The van der Waals surface area contributed by atoms with Crippen LogP contribution in [-0.4, -0.2) is 36.0 Å². The first-order chi connectivity index (χ1) is 7.77. The average molecular weight is 242 g/mol. The molecule has 2 atom stereocenters. The molecule has 1 amide bonds. The Morgan fingerprint density at radius 2 is 2.19 bits per heavy atom. The lowest BCUT2D eigenvalue weighted by atomic mass is 9.99. The van der Waals surface area contributed by atoms with Crippen molar-refractivity contribution in [3.8, 4) is 0 Å². The molecule has 1 heterocycles. The highest BCUT2D eigenvalue weighted by atomic mass is 32.2. The minimum atomic E-state index is 0.0302. The first kappa shape index (κ1) is 12.2. The van der Waals surface area contributed by atoms with E-state index >= 15 is 0 Å². The second kappa shape index (κ2) is 5.92. The topological polar surface area (TPSA) is 41.1 Å². The van der Waals surface area contributed by atoms with Crippen molar-refractivity contribution in [1.29, 1.82) is 0 Å². The molecular weight excluding hydrogens is 220 g/mol. The van der Waals surface area contributed by atoms with Gasteiger partial charge in [-0.3, -0.25) is 4.79 Å². The fourth-order valence-electron chi connectivity index (χ4n) is 2.63. The van der Waals surface area contributed by atoms with E-state index < -0.39 is 0 Å². The predicted octanol–water partition coefficient (Wildman–Crippen LogP) is 1.39. The number of thioether (sulfide) groups is 1. The Morgan fingerprint density at radius 1 is 1.44 bits per heavy atom. The average Bonchev–Trinajstić information content (AvgIpc) is 2.83. The minimum absolute atomic E-state index is 0.0302. The van der Waals surface area contributed by atoms with Crippen molar-refractivity contribution in [3.63, 3.8) is 0 Å². The summed E-state index contributed by atoms with van der Waals surface area (Å²) in [7, 11) is 0. The molecule has 0 aromatic carbocycles. The molecule has 92 valence electrons. The zero-order chi connectivity index (χ0) is 11.4. The smallest absolute Gasteiger partial charge is 0.238 e. The van der Waals surface area contributed by atoms with Crippen molar-refractivity contribution in [2.24, 2.45) is 5.92 Å². The number of hydrogen-bond acceptors (Lipinski definition) is 3. The summed E-state index contributed by atoms with van der Waals surface area (Å²) >= 11 is 1.87. The van der Waals surface area contributed by atoms with Gasteiger partial charge in [0.1, 0.15) is 0 Å². The monoisotopic (exact) mass is 242 g/mol. The third kappa shape index (κ3) is 3.14. The van der Waals surface area contributed by atoms with E-state index in [2.05, 4.69) is 17.6 Å². The van der Waals surface area contributed by atoms with Crippen LogP contribution >= 0.6 is 11.8 Å². The van der Waals surface area contributed by atoms with Gasteiger partial charge in [-0.1, -0.05) is 12.8 Å². The molecule has 2 aliphatic rings. The van der Waals surface area contributed by atoms with Crippen LogP contribution in [0.2, 0.25) is 0 Å². The van der Waals surface area contributed by atoms with Gasteiger partial charge in [0.05, 0.1) is 6.04 Å². The van der Waals surface area contributed by atoms with Gasteiger partial charge in [0.15, 0.2) is 0 Å². The van der Waals surface area contributed by atoms with Gasteiger partial charge in [-0.25, -0.2) is 0 Å². The van der Waals surface area contributed by atoms with Gasteiger partial charge in [-0.05, 0) is 25.7 Å². The maximum Gasteiger partial charge on any atom is 0.238 e. The molecule has 4 heteroatoms. The molecule has 16 heavy (non-hydrogen) atoms. The van der Waals surface area contributed by atoms with Crippen LogP contribution in [0.15, 0.2) is 0 Å². The molecule has 0 aromatic heterocycles. The second-order valence-electron chi connectivity index (χ2n) is 4.92. The van der Waals surface area contributed by atoms with Crippen LogP contribution in [0.25, 0.3) is 0 Å². The van der Waals surface area contributed by atoms with Crippen molar-refractivity contribution < 1.29 is 4.79 Å². The fourth-order valence-corrected chi connectivity index (χ4v) is 3.57. The van der Waals surface area contributed by atoms with Gasteiger partial charge in [-0.2, -0.15) is 11.8 Å². The third-order valence-electron chi connectivity index (χ3n) is 3.72. The largest absolute Gasteiger partial charge is 0.352 e. The lowest BCUT2D eigenvalue weighted by Gasteiger charge is -2.26. The van der Waals surface area contributed by atoms with E-state index in [4.69, 9.17) is 0 Å². The Kier molecular flexibility index (Phi) is 4.53. The fraction of sp³-hybridized carbons (Fsp3) is 0.917. The van der Waals surface area contributed by atoms with Crippen molar-refractivity contribution in [1.82, 2.24) is 10.6 Å². The van der Waals surface area contributed by atoms with E-state index in [1.54, 1.807) is 0 Å². The predicted molar refractivity (Wildman–Crippen MR) is 68.7 cm³/mol. The summed E-state index contributed by atoms with van der Waals surface area (Å²) < 4.78 is 0. The molecule has 1 aliphatic heterocycles. The Bertz CT molecular complexity index is 235. The summed E-state index contributed by atoms with van der Waals surface area (Å²) in [6.07, 6.45) is 5.24. The van der Waals surface area contributed by atoms with Gasteiger partial charge in [0, 0.05) is 24.1 Å². The summed E-state index contributed by atoms with van der Waals surface area (Å²) in [5.74, 6) is 2.96. The molecule has 1 unspecified atom stereocenters. The van der Waals surface area contributed by atoms with E-state index in [-0.39, 0.29) is 11.9 Å². The van der Waals surface area contributed by atoms with Crippen LogP contribution in [0.5, 0.6) is 0 Å². The maximum atomic E-state index is 12.0. The van der Waals surface area contributed by atoms with Crippen LogP contribution < -0.4 is 10.6 Å². The van der Waals surface area contributed by atoms with E-state index in [9.17, 15) is 4.79 Å². The molecule has 1 saturated heterocycles. The molecule has 1 aliphatic carbocycles. The van der Waals surface area contributed by atoms with Crippen LogP contribution in [0.4, 0.5) is 0 Å². The third-order valence-corrected chi connectivity index (χ3v) is 4.78. The van der Waals surface area contributed by atoms with E-state index in [0.29, 0.717) is 12.0 Å². The molecule has 0 aromatic rings. The van der Waals surface area contributed by atoms with Gasteiger partial charge in [0.2, 0.25) is 5.91 Å². The number of amides is 1. The Hall–Kier alpha value is -0.220. The molecule has 0 radical (unpaired) electrons. The number of carbonyl (C=O) groups excluding carboxylic acids is 1. The lowest BCUT2D eigenvalue weighted by molar-refractivity contribution is -0.123. The Balaban J connectivity index is 1.76. The van der Waals surface area contributed by atoms with Crippen LogP contribution in [0.1, 0.15) is 32.6 Å². The normalized spacial score (nSPS) is 28.9. The number of nitrogens with one attached hydrogen (secondary N) is 2. The molecule has 2 rings (SSSR count). The molecule has 0 bridgehead atoms. The molecular formula is C12H22N2OS. The molecule has 1 saturated carbocycles.